The van der Waals surface area contributed by atoms with Gasteiger partial charge in [0, 0.05) is 38.8 Å². The zero-order valence-corrected chi connectivity index (χ0v) is 16.0. The zero-order chi connectivity index (χ0) is 19.7. The summed E-state index contributed by atoms with van der Waals surface area (Å²) < 4.78 is 12.2. The van der Waals surface area contributed by atoms with Crippen molar-refractivity contribution in [2.45, 2.75) is 0 Å². The molecule has 0 aliphatic carbocycles. The molecule has 0 saturated carbocycles. The lowest BCUT2D eigenvalue weighted by Gasteiger charge is -2.35. The van der Waals surface area contributed by atoms with Crippen LogP contribution in [0.4, 0.5) is 5.82 Å². The highest BCUT2D eigenvalue weighted by Gasteiger charge is 2.25. The Morgan fingerprint density at radius 3 is 2.50 bits per heavy atom. The van der Waals surface area contributed by atoms with Crippen LogP contribution in [-0.2, 0) is 7.05 Å². The summed E-state index contributed by atoms with van der Waals surface area (Å²) in [5.41, 5.74) is 1.93. The van der Waals surface area contributed by atoms with E-state index in [-0.39, 0.29) is 5.91 Å². The van der Waals surface area contributed by atoms with Crippen molar-refractivity contribution in [3.8, 4) is 11.5 Å². The van der Waals surface area contributed by atoms with Gasteiger partial charge in [-0.05, 0) is 18.2 Å². The lowest BCUT2D eigenvalue weighted by molar-refractivity contribution is 0.0746. The van der Waals surface area contributed by atoms with E-state index in [0.29, 0.717) is 54.4 Å². The van der Waals surface area contributed by atoms with Crippen molar-refractivity contribution < 1.29 is 14.3 Å². The fraction of sp³-hybridized carbons (Fsp3) is 0.389. The van der Waals surface area contributed by atoms with Crippen molar-refractivity contribution in [1.82, 2.24) is 29.9 Å². The molecule has 10 heteroatoms. The molecule has 2 aromatic heterocycles. The lowest BCUT2D eigenvalue weighted by Crippen LogP contribution is -2.49. The van der Waals surface area contributed by atoms with Gasteiger partial charge in [-0.1, -0.05) is 5.21 Å². The largest absolute Gasteiger partial charge is 0.493 e. The summed E-state index contributed by atoms with van der Waals surface area (Å²) in [6.07, 6.45) is 1.52. The van der Waals surface area contributed by atoms with E-state index in [1.54, 1.807) is 44.1 Å². The number of methoxy groups -OCH3 is 2. The van der Waals surface area contributed by atoms with Crippen LogP contribution in [0.5, 0.6) is 11.5 Å². The molecule has 0 bridgehead atoms. The van der Waals surface area contributed by atoms with Gasteiger partial charge in [0.15, 0.2) is 28.5 Å². The molecule has 3 heterocycles. The fourth-order valence-electron chi connectivity index (χ4n) is 3.35. The van der Waals surface area contributed by atoms with Gasteiger partial charge in [-0.25, -0.2) is 14.6 Å². The van der Waals surface area contributed by atoms with Gasteiger partial charge in [0.05, 0.1) is 14.2 Å². The van der Waals surface area contributed by atoms with E-state index in [0.717, 1.165) is 5.82 Å². The van der Waals surface area contributed by atoms with Gasteiger partial charge in [-0.3, -0.25) is 4.79 Å². The third kappa shape index (κ3) is 3.06. The number of ether oxygens (including phenoxy) is 2. The molecule has 0 atom stereocenters. The third-order valence-corrected chi connectivity index (χ3v) is 4.87. The van der Waals surface area contributed by atoms with Gasteiger partial charge in [0.2, 0.25) is 0 Å². The SMILES string of the molecule is COc1ccc(C(=O)N2CCN(c3ncnc4c3nnn4C)CC2)cc1OC. The van der Waals surface area contributed by atoms with E-state index in [9.17, 15) is 4.79 Å². The van der Waals surface area contributed by atoms with Crippen molar-refractivity contribution in [1.29, 1.82) is 0 Å². The number of aromatic nitrogens is 5. The number of amides is 1. The Labute approximate surface area is 161 Å². The van der Waals surface area contributed by atoms with Crippen LogP contribution in [0.15, 0.2) is 24.5 Å². The first-order chi connectivity index (χ1) is 13.6. The molecule has 1 aromatic carbocycles. The van der Waals surface area contributed by atoms with Gasteiger partial charge in [0.25, 0.3) is 5.91 Å². The average molecular weight is 383 g/mol. The van der Waals surface area contributed by atoms with Gasteiger partial charge >= 0.3 is 0 Å². The standard InChI is InChI=1S/C18H21N7O3/c1-23-16-15(21-22-23)17(20-11-19-16)24-6-8-25(9-7-24)18(26)12-4-5-13(27-2)14(10-12)28-3/h4-5,10-11H,6-9H2,1-3H3. The number of anilines is 1. The van der Waals surface area contributed by atoms with Crippen LogP contribution >= 0.6 is 0 Å². The Morgan fingerprint density at radius 1 is 1.04 bits per heavy atom. The molecule has 10 nitrogen and oxygen atoms in total. The second-order valence-electron chi connectivity index (χ2n) is 6.43. The van der Waals surface area contributed by atoms with Crippen LogP contribution in [0.3, 0.4) is 0 Å². The maximum Gasteiger partial charge on any atom is 0.254 e. The second kappa shape index (κ2) is 7.29. The topological polar surface area (TPSA) is 98.5 Å². The number of nitrogens with zero attached hydrogens (tertiary/aromatic N) is 7. The minimum Gasteiger partial charge on any atom is -0.493 e. The smallest absolute Gasteiger partial charge is 0.254 e. The first-order valence-electron chi connectivity index (χ1n) is 8.89. The number of hydrogen-bond acceptors (Lipinski definition) is 8. The summed E-state index contributed by atoms with van der Waals surface area (Å²) in [5.74, 6) is 1.85. The number of benzene rings is 1. The predicted octanol–water partition coefficient (Wildman–Crippen LogP) is 0.738. The highest BCUT2D eigenvalue weighted by atomic mass is 16.5. The van der Waals surface area contributed by atoms with E-state index in [2.05, 4.69) is 25.2 Å². The molecule has 0 unspecified atom stereocenters. The van der Waals surface area contributed by atoms with E-state index in [1.807, 2.05) is 4.90 Å². The molecular weight excluding hydrogens is 362 g/mol. The zero-order valence-electron chi connectivity index (χ0n) is 16.0. The highest BCUT2D eigenvalue weighted by Crippen LogP contribution is 2.28. The molecule has 146 valence electrons. The first-order valence-corrected chi connectivity index (χ1v) is 8.89. The fourth-order valence-corrected chi connectivity index (χ4v) is 3.35. The minimum atomic E-state index is -0.0343. The number of rotatable bonds is 4. The number of aryl methyl sites for hydroxylation is 1. The molecule has 1 aliphatic rings. The number of hydrogen-bond donors (Lipinski definition) is 0. The number of carbonyl (C=O) groups excluding carboxylic acids is 1. The Bertz CT molecular complexity index is 1010. The van der Waals surface area contributed by atoms with Gasteiger partial charge in [-0.2, -0.15) is 0 Å². The number of piperazine rings is 1. The van der Waals surface area contributed by atoms with Crippen molar-refractivity contribution >= 4 is 22.9 Å². The molecule has 1 fully saturated rings. The van der Waals surface area contributed by atoms with Crippen LogP contribution < -0.4 is 14.4 Å². The Kier molecular flexibility index (Phi) is 4.68. The molecule has 1 amide bonds. The molecule has 4 rings (SSSR count). The molecule has 3 aromatic rings. The number of fused-ring (bicyclic) bond motifs is 1. The monoisotopic (exact) mass is 383 g/mol. The second-order valence-corrected chi connectivity index (χ2v) is 6.43. The van der Waals surface area contributed by atoms with E-state index >= 15 is 0 Å². The summed E-state index contributed by atoms with van der Waals surface area (Å²) in [6, 6.07) is 5.21. The van der Waals surface area contributed by atoms with Gasteiger partial charge in [-0.15, -0.1) is 5.10 Å². The summed E-state index contributed by atoms with van der Waals surface area (Å²) >= 11 is 0. The van der Waals surface area contributed by atoms with Crippen LogP contribution in [-0.4, -0.2) is 76.2 Å². The van der Waals surface area contributed by atoms with E-state index in [4.69, 9.17) is 9.47 Å². The van der Waals surface area contributed by atoms with E-state index < -0.39 is 0 Å². The molecule has 0 radical (unpaired) electrons. The van der Waals surface area contributed by atoms with E-state index in [1.165, 1.54) is 6.33 Å². The minimum absolute atomic E-state index is 0.0343. The first kappa shape index (κ1) is 18.0. The molecule has 28 heavy (non-hydrogen) atoms. The summed E-state index contributed by atoms with van der Waals surface area (Å²) in [5, 5.41) is 8.19. The molecule has 1 saturated heterocycles. The highest BCUT2D eigenvalue weighted by molar-refractivity contribution is 5.95. The van der Waals surface area contributed by atoms with Crippen molar-refractivity contribution in [2.24, 2.45) is 7.05 Å². The average Bonchev–Trinajstić information content (AvgIpc) is 3.14. The normalized spacial score (nSPS) is 14.4. The Balaban J connectivity index is 1.49. The van der Waals surface area contributed by atoms with Crippen LogP contribution in [0.1, 0.15) is 10.4 Å². The predicted molar refractivity (Wildman–Crippen MR) is 102 cm³/mol. The maximum atomic E-state index is 12.9. The summed E-state index contributed by atoms with van der Waals surface area (Å²) in [4.78, 5) is 25.4. The lowest BCUT2D eigenvalue weighted by atomic mass is 10.1. The van der Waals surface area contributed by atoms with Crippen molar-refractivity contribution in [3.05, 3.63) is 30.1 Å². The van der Waals surface area contributed by atoms with Crippen molar-refractivity contribution in [2.75, 3.05) is 45.3 Å². The maximum absolute atomic E-state index is 12.9. The number of carbonyl (C=O) groups is 1. The third-order valence-electron chi connectivity index (χ3n) is 4.87. The quantitative estimate of drug-likeness (QED) is 0.651. The van der Waals surface area contributed by atoms with Gasteiger partial charge < -0.3 is 19.3 Å². The van der Waals surface area contributed by atoms with Crippen LogP contribution in [0.25, 0.3) is 11.2 Å². The molecule has 0 N–H and O–H groups in total. The molecule has 0 spiro atoms. The Hall–Kier alpha value is -3.43. The summed E-state index contributed by atoms with van der Waals surface area (Å²) in [6.45, 7) is 2.47. The van der Waals surface area contributed by atoms with Crippen LogP contribution in [0.2, 0.25) is 0 Å². The Morgan fingerprint density at radius 2 is 1.79 bits per heavy atom. The summed E-state index contributed by atoms with van der Waals surface area (Å²) in [7, 11) is 4.92. The van der Waals surface area contributed by atoms with Gasteiger partial charge in [0.1, 0.15) is 6.33 Å². The molecular formula is C18H21N7O3. The van der Waals surface area contributed by atoms with Crippen molar-refractivity contribution in [3.63, 3.8) is 0 Å². The van der Waals surface area contributed by atoms with Crippen LogP contribution in [0, 0.1) is 0 Å². The molecule has 1 aliphatic heterocycles.